The topological polar surface area (TPSA) is 90.0 Å². The molecular formula is C24H20FN3O5. The number of benzene rings is 2. The van der Waals surface area contributed by atoms with Crippen molar-refractivity contribution in [1.82, 2.24) is 4.98 Å². The van der Waals surface area contributed by atoms with Gasteiger partial charge in [0.1, 0.15) is 11.6 Å². The molecule has 0 aliphatic carbocycles. The highest BCUT2D eigenvalue weighted by Crippen LogP contribution is 2.37. The molecular weight excluding hydrogens is 429 g/mol. The second kappa shape index (κ2) is 8.87. The lowest BCUT2D eigenvalue weighted by atomic mass is 10.1. The molecule has 1 saturated heterocycles. The summed E-state index contributed by atoms with van der Waals surface area (Å²) in [4.78, 5) is 30.5. The predicted molar refractivity (Wildman–Crippen MR) is 117 cm³/mol. The summed E-state index contributed by atoms with van der Waals surface area (Å²) in [5.74, 6) is -0.234. The first-order chi connectivity index (χ1) is 16.0. The fourth-order valence-electron chi connectivity index (χ4n) is 3.75. The third-order valence-electron chi connectivity index (χ3n) is 5.31. The van der Waals surface area contributed by atoms with E-state index in [1.54, 1.807) is 36.4 Å². The molecule has 8 nitrogen and oxygen atoms in total. The summed E-state index contributed by atoms with van der Waals surface area (Å²) in [5.41, 5.74) is 1.84. The molecule has 3 heterocycles. The van der Waals surface area contributed by atoms with Gasteiger partial charge >= 0.3 is 5.97 Å². The van der Waals surface area contributed by atoms with E-state index >= 15 is 0 Å². The van der Waals surface area contributed by atoms with E-state index < -0.39 is 11.7 Å². The van der Waals surface area contributed by atoms with Gasteiger partial charge < -0.3 is 24.4 Å². The fourth-order valence-corrected chi connectivity index (χ4v) is 3.75. The van der Waals surface area contributed by atoms with Crippen LogP contribution in [0, 0.1) is 5.82 Å². The Morgan fingerprint density at radius 3 is 2.82 bits per heavy atom. The van der Waals surface area contributed by atoms with Crippen molar-refractivity contribution in [1.29, 1.82) is 0 Å². The first-order valence-electron chi connectivity index (χ1n) is 10.5. The molecule has 3 aromatic rings. The van der Waals surface area contributed by atoms with Crippen molar-refractivity contribution in [2.45, 2.75) is 6.42 Å². The average Bonchev–Trinajstić information content (AvgIpc) is 3.21. The molecule has 2 aliphatic rings. The fraction of sp³-hybridized carbons (Fsp3) is 0.208. The number of fused-ring (bicyclic) bond motifs is 1. The number of hydrogen-bond donors (Lipinski definition) is 1. The van der Waals surface area contributed by atoms with Crippen LogP contribution in [0.1, 0.15) is 16.1 Å². The van der Waals surface area contributed by atoms with Crippen molar-refractivity contribution in [2.75, 3.05) is 36.5 Å². The van der Waals surface area contributed by atoms with Crippen LogP contribution < -0.4 is 19.7 Å². The number of pyridine rings is 1. The van der Waals surface area contributed by atoms with Gasteiger partial charge in [-0.05, 0) is 30.3 Å². The third-order valence-corrected chi connectivity index (χ3v) is 5.31. The van der Waals surface area contributed by atoms with Crippen molar-refractivity contribution in [3.05, 3.63) is 71.8 Å². The molecule has 1 aromatic heterocycles. The van der Waals surface area contributed by atoms with Crippen LogP contribution in [-0.4, -0.2) is 43.2 Å². The van der Waals surface area contributed by atoms with Gasteiger partial charge in [-0.1, -0.05) is 6.07 Å². The predicted octanol–water partition coefficient (Wildman–Crippen LogP) is 3.56. The van der Waals surface area contributed by atoms with Gasteiger partial charge in [0, 0.05) is 48.4 Å². The minimum absolute atomic E-state index is 0.0999. The summed E-state index contributed by atoms with van der Waals surface area (Å²) in [6.07, 6.45) is 1.64. The van der Waals surface area contributed by atoms with Gasteiger partial charge in [-0.3, -0.25) is 14.6 Å². The molecule has 1 fully saturated rings. The van der Waals surface area contributed by atoms with Gasteiger partial charge in [-0.25, -0.2) is 4.39 Å². The maximum atomic E-state index is 14.2. The number of carbonyl (C=O) groups is 2. The van der Waals surface area contributed by atoms with E-state index in [1.807, 2.05) is 4.90 Å². The molecule has 33 heavy (non-hydrogen) atoms. The normalized spacial score (nSPS) is 15.1. The zero-order valence-corrected chi connectivity index (χ0v) is 17.5. The quantitative estimate of drug-likeness (QED) is 0.596. The number of nitrogens with one attached hydrogen (secondary N) is 1. The zero-order valence-electron chi connectivity index (χ0n) is 17.5. The summed E-state index contributed by atoms with van der Waals surface area (Å²) < 4.78 is 30.6. The maximum Gasteiger partial charge on any atom is 0.317 e. The van der Waals surface area contributed by atoms with E-state index in [4.69, 9.17) is 14.2 Å². The molecule has 0 spiro atoms. The highest BCUT2D eigenvalue weighted by atomic mass is 19.1. The zero-order chi connectivity index (χ0) is 22.8. The largest absolute Gasteiger partial charge is 0.453 e. The lowest BCUT2D eigenvalue weighted by Gasteiger charge is -2.29. The number of amides is 1. The van der Waals surface area contributed by atoms with E-state index in [0.717, 1.165) is 0 Å². The molecule has 0 atom stereocenters. The second-order valence-electron chi connectivity index (χ2n) is 7.62. The van der Waals surface area contributed by atoms with Crippen molar-refractivity contribution < 1.29 is 28.2 Å². The summed E-state index contributed by atoms with van der Waals surface area (Å²) in [7, 11) is 0. The Hall–Kier alpha value is -3.98. The summed E-state index contributed by atoms with van der Waals surface area (Å²) >= 11 is 0. The number of aromatic nitrogens is 1. The second-order valence-corrected chi connectivity index (χ2v) is 7.62. The van der Waals surface area contributed by atoms with Crippen molar-refractivity contribution in [3.63, 3.8) is 0 Å². The SMILES string of the molecule is O=C1Cc2nccc(Oc3cccc(NC(=O)c4cc(F)cc(N5CCOCC5)c4)c3)c2O1. The molecule has 0 radical (unpaired) electrons. The van der Waals surface area contributed by atoms with Gasteiger partial charge in [-0.15, -0.1) is 0 Å². The molecule has 9 heteroatoms. The smallest absolute Gasteiger partial charge is 0.317 e. The molecule has 0 unspecified atom stereocenters. The Kier molecular flexibility index (Phi) is 5.62. The first kappa shape index (κ1) is 20.9. The minimum atomic E-state index is -0.484. The Morgan fingerprint density at radius 2 is 1.97 bits per heavy atom. The standard InChI is InChI=1S/C24H20FN3O5/c25-16-10-15(11-18(12-16)28-6-8-31-9-7-28)24(30)27-17-2-1-3-19(13-17)32-21-4-5-26-20-14-22(29)33-23(20)21/h1-5,10-13H,6-9,14H2,(H,27,30). The Morgan fingerprint density at radius 1 is 1.12 bits per heavy atom. The van der Waals surface area contributed by atoms with Gasteiger partial charge in [0.2, 0.25) is 0 Å². The highest BCUT2D eigenvalue weighted by Gasteiger charge is 2.26. The molecule has 0 bridgehead atoms. The van der Waals surface area contributed by atoms with Crippen LogP contribution in [0.3, 0.4) is 0 Å². The number of hydrogen-bond acceptors (Lipinski definition) is 7. The van der Waals surface area contributed by atoms with Crippen LogP contribution in [0.5, 0.6) is 17.2 Å². The molecule has 168 valence electrons. The molecule has 2 aromatic carbocycles. The van der Waals surface area contributed by atoms with Crippen LogP contribution in [0.25, 0.3) is 0 Å². The number of ether oxygens (including phenoxy) is 3. The summed E-state index contributed by atoms with van der Waals surface area (Å²) in [6, 6.07) is 12.6. The Bertz CT molecular complexity index is 1230. The van der Waals surface area contributed by atoms with Crippen molar-refractivity contribution in [3.8, 4) is 17.2 Å². The molecule has 5 rings (SSSR count). The van der Waals surface area contributed by atoms with Crippen LogP contribution in [0.2, 0.25) is 0 Å². The molecule has 2 aliphatic heterocycles. The lowest BCUT2D eigenvalue weighted by Crippen LogP contribution is -2.36. The van der Waals surface area contributed by atoms with E-state index in [0.29, 0.717) is 60.6 Å². The number of carbonyl (C=O) groups excluding carboxylic acids is 2. The van der Waals surface area contributed by atoms with Gasteiger partial charge in [0.25, 0.3) is 5.91 Å². The number of anilines is 2. The minimum Gasteiger partial charge on any atom is -0.453 e. The Labute approximate surface area is 188 Å². The number of nitrogens with zero attached hydrogens (tertiary/aromatic N) is 2. The molecule has 1 amide bonds. The van der Waals surface area contributed by atoms with E-state index in [2.05, 4.69) is 10.3 Å². The average molecular weight is 449 g/mol. The van der Waals surface area contributed by atoms with Crippen LogP contribution in [0.15, 0.2) is 54.7 Å². The Balaban J connectivity index is 1.32. The lowest BCUT2D eigenvalue weighted by molar-refractivity contribution is -0.131. The summed E-state index contributed by atoms with van der Waals surface area (Å²) in [6.45, 7) is 2.39. The monoisotopic (exact) mass is 449 g/mol. The van der Waals surface area contributed by atoms with E-state index in [1.165, 1.54) is 18.3 Å². The van der Waals surface area contributed by atoms with Gasteiger partial charge in [-0.2, -0.15) is 0 Å². The number of morpholine rings is 1. The number of esters is 1. The molecule has 1 N–H and O–H groups in total. The van der Waals surface area contributed by atoms with Gasteiger partial charge in [0.15, 0.2) is 11.5 Å². The van der Waals surface area contributed by atoms with E-state index in [-0.39, 0.29) is 18.0 Å². The number of rotatable bonds is 5. The van der Waals surface area contributed by atoms with Crippen molar-refractivity contribution in [2.24, 2.45) is 0 Å². The third kappa shape index (κ3) is 4.63. The first-order valence-corrected chi connectivity index (χ1v) is 10.5. The highest BCUT2D eigenvalue weighted by molar-refractivity contribution is 6.05. The van der Waals surface area contributed by atoms with E-state index in [9.17, 15) is 14.0 Å². The summed E-state index contributed by atoms with van der Waals surface area (Å²) in [5, 5.41) is 2.77. The van der Waals surface area contributed by atoms with Crippen LogP contribution in [0.4, 0.5) is 15.8 Å². The van der Waals surface area contributed by atoms with Crippen molar-refractivity contribution >= 4 is 23.3 Å². The van der Waals surface area contributed by atoms with Crippen LogP contribution in [-0.2, 0) is 16.0 Å². The maximum absolute atomic E-state index is 14.2. The van der Waals surface area contributed by atoms with Gasteiger partial charge in [0.05, 0.1) is 25.3 Å². The molecule has 0 saturated carbocycles. The number of halogens is 1. The van der Waals surface area contributed by atoms with Crippen LogP contribution >= 0.6 is 0 Å².